The van der Waals surface area contributed by atoms with Crippen molar-refractivity contribution >= 4 is 26.9 Å². The van der Waals surface area contributed by atoms with Gasteiger partial charge in [-0.3, -0.25) is 0 Å². The number of pyridine rings is 1. The summed E-state index contributed by atoms with van der Waals surface area (Å²) in [6.45, 7) is 4.00. The average Bonchev–Trinajstić information content (AvgIpc) is 3.15. The van der Waals surface area contributed by atoms with E-state index >= 15 is 0 Å². The number of hydrogen-bond acceptors (Lipinski definition) is 8. The highest BCUT2D eigenvalue weighted by Gasteiger charge is 2.27. The predicted octanol–water partition coefficient (Wildman–Crippen LogP) is 2.35. The number of benzene rings is 1. The minimum atomic E-state index is -3.65. The molecule has 0 amide bonds. The first-order valence-corrected chi connectivity index (χ1v) is 11.6. The van der Waals surface area contributed by atoms with E-state index in [9.17, 15) is 18.5 Å². The zero-order valence-electron chi connectivity index (χ0n) is 17.5. The second-order valence-corrected chi connectivity index (χ2v) is 9.16. The SMILES string of the molecule is CCCn1c(COc2cccnc2[N+](=O)[O-])nc2cc(S(=O)(=O)N3CCOCC3)ccc21. The van der Waals surface area contributed by atoms with Gasteiger partial charge in [-0.25, -0.2) is 13.4 Å². The topological polar surface area (TPSA) is 130 Å². The van der Waals surface area contributed by atoms with Gasteiger partial charge in [0.25, 0.3) is 0 Å². The van der Waals surface area contributed by atoms with E-state index in [0.717, 1.165) is 11.9 Å². The molecule has 0 spiro atoms. The van der Waals surface area contributed by atoms with Crippen LogP contribution in [0.1, 0.15) is 19.2 Å². The Kier molecular flexibility index (Phi) is 6.35. The minimum absolute atomic E-state index is 0.0211. The van der Waals surface area contributed by atoms with E-state index in [1.165, 1.54) is 16.6 Å². The molecule has 0 radical (unpaired) electrons. The van der Waals surface area contributed by atoms with Crippen molar-refractivity contribution in [3.05, 3.63) is 52.5 Å². The van der Waals surface area contributed by atoms with Gasteiger partial charge in [0.2, 0.25) is 15.8 Å². The summed E-state index contributed by atoms with van der Waals surface area (Å²) in [5, 5.41) is 11.2. The first-order valence-electron chi connectivity index (χ1n) is 10.2. The predicted molar refractivity (Wildman–Crippen MR) is 115 cm³/mol. The first kappa shape index (κ1) is 22.1. The third-order valence-electron chi connectivity index (χ3n) is 5.13. The molecule has 0 saturated carbocycles. The molecule has 0 aliphatic carbocycles. The normalized spacial score (nSPS) is 15.2. The van der Waals surface area contributed by atoms with Crippen LogP contribution in [0.25, 0.3) is 11.0 Å². The summed E-state index contributed by atoms with van der Waals surface area (Å²) >= 11 is 0. The lowest BCUT2D eigenvalue weighted by Crippen LogP contribution is -2.40. The highest BCUT2D eigenvalue weighted by molar-refractivity contribution is 7.89. The summed E-state index contributed by atoms with van der Waals surface area (Å²) in [6, 6.07) is 7.91. The van der Waals surface area contributed by atoms with Gasteiger partial charge in [-0.2, -0.15) is 4.31 Å². The van der Waals surface area contributed by atoms with Crippen LogP contribution < -0.4 is 4.74 Å². The third-order valence-corrected chi connectivity index (χ3v) is 7.03. The molecule has 0 N–H and O–H groups in total. The van der Waals surface area contributed by atoms with Crippen molar-refractivity contribution in [1.82, 2.24) is 18.8 Å². The van der Waals surface area contributed by atoms with Crippen molar-refractivity contribution in [2.45, 2.75) is 31.4 Å². The number of nitro groups is 1. The smallest absolute Gasteiger partial charge is 0.406 e. The van der Waals surface area contributed by atoms with Crippen molar-refractivity contribution in [2.75, 3.05) is 26.3 Å². The van der Waals surface area contributed by atoms with Gasteiger partial charge in [0.05, 0.1) is 29.1 Å². The molecule has 32 heavy (non-hydrogen) atoms. The van der Waals surface area contributed by atoms with Crippen molar-refractivity contribution in [3.63, 3.8) is 0 Å². The Bertz CT molecular complexity index is 1240. The van der Waals surface area contributed by atoms with Crippen molar-refractivity contribution in [2.24, 2.45) is 0 Å². The number of ether oxygens (including phenoxy) is 2. The molecular formula is C20H23N5O6S. The maximum Gasteiger partial charge on any atom is 0.406 e. The molecule has 3 heterocycles. The number of aromatic nitrogens is 3. The second kappa shape index (κ2) is 9.18. The zero-order valence-corrected chi connectivity index (χ0v) is 18.3. The summed E-state index contributed by atoms with van der Waals surface area (Å²) < 4.78 is 40.3. The number of sulfonamides is 1. The average molecular weight is 462 g/mol. The van der Waals surface area contributed by atoms with Crippen LogP contribution in [0, 0.1) is 10.1 Å². The lowest BCUT2D eigenvalue weighted by atomic mass is 10.3. The number of fused-ring (bicyclic) bond motifs is 1. The van der Waals surface area contributed by atoms with Gasteiger partial charge in [-0.15, -0.1) is 0 Å². The molecule has 0 bridgehead atoms. The van der Waals surface area contributed by atoms with Crippen LogP contribution >= 0.6 is 0 Å². The fourth-order valence-electron chi connectivity index (χ4n) is 3.61. The van der Waals surface area contributed by atoms with Crippen LogP contribution in [0.4, 0.5) is 5.82 Å². The van der Waals surface area contributed by atoms with Gasteiger partial charge in [-0.1, -0.05) is 6.92 Å². The fraction of sp³-hybridized carbons (Fsp3) is 0.400. The van der Waals surface area contributed by atoms with Crippen LogP contribution in [0.3, 0.4) is 0 Å². The fourth-order valence-corrected chi connectivity index (χ4v) is 5.04. The van der Waals surface area contributed by atoms with Gasteiger partial charge in [0.15, 0.2) is 0 Å². The van der Waals surface area contributed by atoms with Gasteiger partial charge in [0.1, 0.15) is 18.6 Å². The maximum absolute atomic E-state index is 13.0. The van der Waals surface area contributed by atoms with Crippen LogP contribution in [0.15, 0.2) is 41.4 Å². The van der Waals surface area contributed by atoms with E-state index in [4.69, 9.17) is 9.47 Å². The summed E-state index contributed by atoms with van der Waals surface area (Å²) in [6.07, 6.45) is 2.15. The molecule has 0 unspecified atom stereocenters. The standard InChI is InChI=1S/C20H23N5O6S/c1-2-8-24-17-6-5-15(32(28,29)23-9-11-30-12-10-23)13-16(17)22-19(24)14-31-18-4-3-7-21-20(18)25(26)27/h3-7,13H,2,8-12,14H2,1H3. The molecule has 0 atom stereocenters. The summed E-state index contributed by atoms with van der Waals surface area (Å²) in [4.78, 5) is 19.1. The minimum Gasteiger partial charge on any atom is -0.478 e. The Hall–Kier alpha value is -3.09. The molecule has 170 valence electrons. The molecule has 1 aromatic carbocycles. The highest BCUT2D eigenvalue weighted by atomic mass is 32.2. The molecule has 2 aromatic heterocycles. The summed E-state index contributed by atoms with van der Waals surface area (Å²) in [5.41, 5.74) is 1.29. The van der Waals surface area contributed by atoms with Crippen molar-refractivity contribution in [1.29, 1.82) is 0 Å². The maximum atomic E-state index is 13.0. The van der Waals surface area contributed by atoms with Crippen LogP contribution in [-0.4, -0.2) is 58.5 Å². The summed E-state index contributed by atoms with van der Waals surface area (Å²) in [5.74, 6) is 0.216. The van der Waals surface area contributed by atoms with E-state index in [1.54, 1.807) is 24.3 Å². The Morgan fingerprint density at radius 2 is 2.03 bits per heavy atom. The molecular weight excluding hydrogens is 438 g/mol. The Morgan fingerprint density at radius 1 is 1.25 bits per heavy atom. The molecule has 1 aliphatic heterocycles. The highest BCUT2D eigenvalue weighted by Crippen LogP contribution is 2.27. The molecule has 1 saturated heterocycles. The van der Waals surface area contributed by atoms with Crippen LogP contribution in [0.5, 0.6) is 5.75 Å². The number of aryl methyl sites for hydroxylation is 1. The van der Waals surface area contributed by atoms with Crippen molar-refractivity contribution in [3.8, 4) is 5.75 Å². The van der Waals surface area contributed by atoms with E-state index in [2.05, 4.69) is 9.97 Å². The lowest BCUT2D eigenvalue weighted by molar-refractivity contribution is -0.390. The number of morpholine rings is 1. The van der Waals surface area contributed by atoms with Gasteiger partial charge >= 0.3 is 5.82 Å². The van der Waals surface area contributed by atoms with Crippen molar-refractivity contribution < 1.29 is 22.8 Å². The molecule has 3 aromatic rings. The molecule has 1 fully saturated rings. The number of hydrogen-bond donors (Lipinski definition) is 0. The zero-order chi connectivity index (χ0) is 22.7. The Balaban J connectivity index is 1.66. The van der Waals surface area contributed by atoms with E-state index in [1.807, 2.05) is 11.5 Å². The number of imidazole rings is 1. The van der Waals surface area contributed by atoms with E-state index in [0.29, 0.717) is 44.2 Å². The lowest BCUT2D eigenvalue weighted by Gasteiger charge is -2.26. The van der Waals surface area contributed by atoms with Crippen LogP contribution in [0.2, 0.25) is 0 Å². The first-order chi connectivity index (χ1) is 15.4. The monoisotopic (exact) mass is 461 g/mol. The second-order valence-electron chi connectivity index (χ2n) is 7.22. The molecule has 12 heteroatoms. The van der Waals surface area contributed by atoms with Gasteiger partial charge in [-0.05, 0) is 46.7 Å². The largest absolute Gasteiger partial charge is 0.478 e. The summed E-state index contributed by atoms with van der Waals surface area (Å²) in [7, 11) is -3.65. The quantitative estimate of drug-likeness (QED) is 0.369. The number of nitrogens with zero attached hydrogens (tertiary/aromatic N) is 5. The third kappa shape index (κ3) is 4.29. The Morgan fingerprint density at radius 3 is 2.75 bits per heavy atom. The number of rotatable bonds is 8. The van der Waals surface area contributed by atoms with E-state index < -0.39 is 14.9 Å². The molecule has 11 nitrogen and oxygen atoms in total. The van der Waals surface area contributed by atoms with Crippen LogP contribution in [-0.2, 0) is 27.9 Å². The molecule has 4 rings (SSSR count). The van der Waals surface area contributed by atoms with Gasteiger partial charge < -0.3 is 24.2 Å². The molecule has 1 aliphatic rings. The van der Waals surface area contributed by atoms with E-state index in [-0.39, 0.29) is 23.1 Å². The van der Waals surface area contributed by atoms with Gasteiger partial charge in [0, 0.05) is 19.6 Å². The Labute approximate surface area is 184 Å².